The molecule has 1 heterocycles. The zero-order valence-electron chi connectivity index (χ0n) is 9.37. The van der Waals surface area contributed by atoms with Gasteiger partial charge in [-0.1, -0.05) is 6.92 Å². The van der Waals surface area contributed by atoms with Crippen LogP contribution in [0.1, 0.15) is 12.5 Å². The Balaban J connectivity index is 2.50. The van der Waals surface area contributed by atoms with Crippen LogP contribution in [0.15, 0.2) is 24.3 Å². The van der Waals surface area contributed by atoms with Gasteiger partial charge in [-0.2, -0.15) is 5.10 Å². The largest absolute Gasteiger partial charge is 0.384 e. The summed E-state index contributed by atoms with van der Waals surface area (Å²) in [6, 6.07) is 6.69. The van der Waals surface area contributed by atoms with Crippen LogP contribution in [0.2, 0.25) is 0 Å². The molecule has 0 spiro atoms. The minimum Gasteiger partial charge on any atom is -0.384 e. The minimum atomic E-state index is -0.237. The molecule has 1 aromatic carbocycles. The topological polar surface area (TPSA) is 43.8 Å². The van der Waals surface area contributed by atoms with Crippen LogP contribution in [-0.4, -0.2) is 9.78 Å². The molecule has 0 aliphatic heterocycles. The highest BCUT2D eigenvalue weighted by Crippen LogP contribution is 2.22. The lowest BCUT2D eigenvalue weighted by molar-refractivity contribution is 0.626. The van der Waals surface area contributed by atoms with Gasteiger partial charge in [0.2, 0.25) is 0 Å². The number of nitrogens with two attached hydrogens (primary N) is 1. The summed E-state index contributed by atoms with van der Waals surface area (Å²) in [4.78, 5) is 0. The third kappa shape index (κ3) is 1.91. The number of nitrogens with zero attached hydrogens (tertiary/aromatic N) is 2. The number of hydrogen-bond acceptors (Lipinski definition) is 2. The lowest BCUT2D eigenvalue weighted by atomic mass is 10.1. The van der Waals surface area contributed by atoms with Gasteiger partial charge in [0.15, 0.2) is 0 Å². The van der Waals surface area contributed by atoms with E-state index in [2.05, 4.69) is 5.10 Å². The first kappa shape index (κ1) is 10.7. The van der Waals surface area contributed by atoms with Crippen molar-refractivity contribution >= 4 is 5.82 Å². The van der Waals surface area contributed by atoms with Crippen LogP contribution in [-0.2, 0) is 13.5 Å². The van der Waals surface area contributed by atoms with E-state index in [9.17, 15) is 4.39 Å². The normalized spacial score (nSPS) is 10.7. The Bertz CT molecular complexity index is 497. The highest BCUT2D eigenvalue weighted by atomic mass is 19.1. The van der Waals surface area contributed by atoms with E-state index in [4.69, 9.17) is 5.73 Å². The Kier molecular flexibility index (Phi) is 2.64. The van der Waals surface area contributed by atoms with E-state index in [-0.39, 0.29) is 5.82 Å². The van der Waals surface area contributed by atoms with Crippen molar-refractivity contribution in [2.24, 2.45) is 7.05 Å². The average Bonchev–Trinajstić information content (AvgIpc) is 2.58. The van der Waals surface area contributed by atoms with Gasteiger partial charge < -0.3 is 5.73 Å². The maximum absolute atomic E-state index is 13.3. The summed E-state index contributed by atoms with van der Waals surface area (Å²) in [7, 11) is 1.76. The van der Waals surface area contributed by atoms with Gasteiger partial charge in [-0.05, 0) is 30.2 Å². The number of hydrogen-bond donors (Lipinski definition) is 1. The lowest BCUT2D eigenvalue weighted by Crippen LogP contribution is -1.96. The molecule has 2 aromatic rings. The number of aromatic nitrogens is 2. The number of rotatable bonds is 2. The van der Waals surface area contributed by atoms with Crippen molar-refractivity contribution in [2.75, 3.05) is 5.73 Å². The van der Waals surface area contributed by atoms with Crippen molar-refractivity contribution < 1.29 is 4.39 Å². The van der Waals surface area contributed by atoms with Gasteiger partial charge in [0, 0.05) is 18.7 Å². The Hall–Kier alpha value is -1.84. The van der Waals surface area contributed by atoms with Crippen molar-refractivity contribution in [1.82, 2.24) is 9.78 Å². The number of benzene rings is 1. The quantitative estimate of drug-likeness (QED) is 0.842. The predicted molar refractivity (Wildman–Crippen MR) is 62.4 cm³/mol. The van der Waals surface area contributed by atoms with E-state index in [1.54, 1.807) is 17.8 Å². The fraction of sp³-hybridized carbons (Fsp3) is 0.250. The van der Waals surface area contributed by atoms with Crippen LogP contribution < -0.4 is 5.73 Å². The SMILES string of the molecule is CCc1cc(F)cc(-c2cc(N)n(C)n2)c1. The molecule has 2 rings (SSSR count). The van der Waals surface area contributed by atoms with Gasteiger partial charge in [-0.15, -0.1) is 0 Å². The zero-order chi connectivity index (χ0) is 11.7. The van der Waals surface area contributed by atoms with Crippen molar-refractivity contribution in [3.05, 3.63) is 35.6 Å². The summed E-state index contributed by atoms with van der Waals surface area (Å²) >= 11 is 0. The molecule has 3 nitrogen and oxygen atoms in total. The van der Waals surface area contributed by atoms with Crippen molar-refractivity contribution in [1.29, 1.82) is 0 Å². The third-order valence-electron chi connectivity index (χ3n) is 2.58. The summed E-state index contributed by atoms with van der Waals surface area (Å²) < 4.78 is 14.9. The molecule has 0 atom stereocenters. The summed E-state index contributed by atoms with van der Waals surface area (Å²) in [6.07, 6.45) is 0.799. The molecule has 84 valence electrons. The maximum atomic E-state index is 13.3. The van der Waals surface area contributed by atoms with Gasteiger partial charge in [0.1, 0.15) is 11.6 Å². The molecule has 4 heteroatoms. The predicted octanol–water partition coefficient (Wildman–Crippen LogP) is 2.37. The smallest absolute Gasteiger partial charge is 0.124 e. The average molecular weight is 219 g/mol. The highest BCUT2D eigenvalue weighted by molar-refractivity contribution is 5.63. The van der Waals surface area contributed by atoms with E-state index in [0.717, 1.165) is 17.5 Å². The summed E-state index contributed by atoms with van der Waals surface area (Å²) in [5, 5.41) is 4.22. The highest BCUT2D eigenvalue weighted by Gasteiger charge is 2.07. The zero-order valence-corrected chi connectivity index (χ0v) is 9.37. The minimum absolute atomic E-state index is 0.237. The standard InChI is InChI=1S/C12H14FN3/c1-3-8-4-9(6-10(13)5-8)11-7-12(14)16(2)15-11/h4-7H,3,14H2,1-2H3. The molecule has 0 bridgehead atoms. The molecule has 0 fully saturated rings. The molecule has 0 amide bonds. The second kappa shape index (κ2) is 3.96. The molecule has 16 heavy (non-hydrogen) atoms. The van der Waals surface area contributed by atoms with Crippen molar-refractivity contribution in [2.45, 2.75) is 13.3 Å². The first-order chi connectivity index (χ1) is 7.60. The molecule has 0 saturated carbocycles. The molecule has 0 unspecified atom stereocenters. The summed E-state index contributed by atoms with van der Waals surface area (Å²) in [5.41, 5.74) is 8.12. The number of aryl methyl sites for hydroxylation is 2. The van der Waals surface area contributed by atoms with E-state index in [1.165, 1.54) is 12.1 Å². The molecule has 2 N–H and O–H groups in total. The van der Waals surface area contributed by atoms with E-state index in [0.29, 0.717) is 11.5 Å². The van der Waals surface area contributed by atoms with Gasteiger partial charge in [0.05, 0.1) is 5.69 Å². The van der Waals surface area contributed by atoms with Gasteiger partial charge in [-0.25, -0.2) is 4.39 Å². The maximum Gasteiger partial charge on any atom is 0.124 e. The molecule has 0 aliphatic rings. The summed E-state index contributed by atoms with van der Waals surface area (Å²) in [5.74, 6) is 0.330. The van der Waals surface area contributed by atoms with E-state index >= 15 is 0 Å². The number of halogens is 1. The molecule has 0 radical (unpaired) electrons. The Morgan fingerprint density at radius 3 is 2.62 bits per heavy atom. The number of nitrogen functional groups attached to an aromatic ring is 1. The molecule has 1 aromatic heterocycles. The first-order valence-corrected chi connectivity index (χ1v) is 5.19. The van der Waals surface area contributed by atoms with Gasteiger partial charge in [-0.3, -0.25) is 4.68 Å². The Morgan fingerprint density at radius 2 is 2.06 bits per heavy atom. The van der Waals surface area contributed by atoms with E-state index in [1.807, 2.05) is 13.0 Å². The fourth-order valence-corrected chi connectivity index (χ4v) is 1.63. The third-order valence-corrected chi connectivity index (χ3v) is 2.58. The molecular formula is C12H14FN3. The lowest BCUT2D eigenvalue weighted by Gasteiger charge is -2.01. The van der Waals surface area contributed by atoms with E-state index < -0.39 is 0 Å². The van der Waals surface area contributed by atoms with Crippen molar-refractivity contribution in [3.63, 3.8) is 0 Å². The second-order valence-corrected chi connectivity index (χ2v) is 3.78. The Morgan fingerprint density at radius 1 is 1.31 bits per heavy atom. The van der Waals surface area contributed by atoms with Gasteiger partial charge in [0.25, 0.3) is 0 Å². The number of anilines is 1. The monoisotopic (exact) mass is 219 g/mol. The molecular weight excluding hydrogens is 205 g/mol. The van der Waals surface area contributed by atoms with Crippen molar-refractivity contribution in [3.8, 4) is 11.3 Å². The fourth-order valence-electron chi connectivity index (χ4n) is 1.63. The van der Waals surface area contributed by atoms with Crippen LogP contribution in [0, 0.1) is 5.82 Å². The van der Waals surface area contributed by atoms with Crippen LogP contribution in [0.5, 0.6) is 0 Å². The van der Waals surface area contributed by atoms with Crippen LogP contribution in [0.3, 0.4) is 0 Å². The first-order valence-electron chi connectivity index (χ1n) is 5.19. The van der Waals surface area contributed by atoms with Crippen LogP contribution in [0.4, 0.5) is 10.2 Å². The van der Waals surface area contributed by atoms with Crippen LogP contribution in [0.25, 0.3) is 11.3 Å². The molecule has 0 saturated heterocycles. The summed E-state index contributed by atoms with van der Waals surface area (Å²) in [6.45, 7) is 1.99. The van der Waals surface area contributed by atoms with Gasteiger partial charge >= 0.3 is 0 Å². The Labute approximate surface area is 93.7 Å². The second-order valence-electron chi connectivity index (χ2n) is 3.78. The van der Waals surface area contributed by atoms with Crippen LogP contribution >= 0.6 is 0 Å². The molecule has 0 aliphatic carbocycles.